The van der Waals surface area contributed by atoms with E-state index in [0.717, 1.165) is 0 Å². The van der Waals surface area contributed by atoms with Crippen LogP contribution in [0.1, 0.15) is 1.43 Å². The van der Waals surface area contributed by atoms with Gasteiger partial charge in [0.1, 0.15) is 0 Å². The lowest BCUT2D eigenvalue weighted by Gasteiger charge is -0.148. The minimum absolute atomic E-state index is 0. The van der Waals surface area contributed by atoms with Crippen molar-refractivity contribution in [1.29, 1.82) is 0 Å². The Bertz CT molecular complexity index is 7.51. The highest BCUT2D eigenvalue weighted by molar-refractivity contribution is 5.86. The highest BCUT2D eigenvalue weighted by atomic mass is 35.5. The van der Waals surface area contributed by atoms with Gasteiger partial charge in [0.2, 0.25) is 0 Å². The van der Waals surface area contributed by atoms with Crippen molar-refractivity contribution in [3.05, 3.63) is 0 Å². The number of hydrogen-bond acceptors (Lipinski definition) is 0. The molecule has 0 rings (SSSR count). The van der Waals surface area contributed by atoms with E-state index in [-0.39, 0.29) is 62.0 Å². The normalized spacial score (nSPS) is 0. The van der Waals surface area contributed by atoms with E-state index in [1.54, 1.807) is 0 Å². The van der Waals surface area contributed by atoms with Gasteiger partial charge >= 0.3 is 1.43 Å². The summed E-state index contributed by atoms with van der Waals surface area (Å²) in [4.78, 5) is 0. The molecule has 0 saturated heterocycles. The molecule has 0 nitrogen and oxygen atoms in total. The predicted octanol–water partition coefficient (Wildman–Crippen LogP) is 0.348. The molecule has 0 heterocycles. The van der Waals surface area contributed by atoms with Crippen LogP contribution in [0.3, 0.4) is 0 Å². The summed E-state index contributed by atoms with van der Waals surface area (Å²) in [6, 6.07) is 0. The topological polar surface area (TPSA) is 0 Å². The first kappa shape index (κ1) is 97.2. The van der Waals surface area contributed by atoms with Gasteiger partial charge in [-0.2, -0.15) is 0 Å². The molecule has 40 valence electrons. The molecular formula is H9Cl4Si+. The molecule has 0 aromatic carbocycles. The molecule has 0 saturated carbocycles. The smallest absolute Gasteiger partial charge is 0.147 e. The predicted molar refractivity (Wildman–Crippen MR) is 41.4 cm³/mol. The Balaban J connectivity index is 0. The zero-order chi connectivity index (χ0) is 0. The maximum atomic E-state index is 0. The van der Waals surface area contributed by atoms with Gasteiger partial charge in [-0.15, -0.1) is 49.6 Å². The second-order valence-electron chi connectivity index (χ2n) is 0. The van der Waals surface area contributed by atoms with Crippen LogP contribution in [0.15, 0.2) is 0 Å². The highest BCUT2D eigenvalue weighted by Gasteiger charge is -0.0148. The Labute approximate surface area is 62.2 Å². The van der Waals surface area contributed by atoms with E-state index in [4.69, 9.17) is 0 Å². The SMILES string of the molecule is Cl.Cl.Cl.Cl.[H+].[SiH4]. The van der Waals surface area contributed by atoms with Gasteiger partial charge in [-0.1, -0.05) is 0 Å². The molecule has 0 aromatic rings. The Morgan fingerprint density at radius 3 is 0.600 bits per heavy atom. The second kappa shape index (κ2) is 54.3. The molecular weight excluding hydrogens is 170 g/mol. The van der Waals surface area contributed by atoms with Crippen molar-refractivity contribution in [2.24, 2.45) is 0 Å². The maximum Gasteiger partial charge on any atom is 1.00 e. The average molecular weight is 179 g/mol. The van der Waals surface area contributed by atoms with Gasteiger partial charge in [0.25, 0.3) is 0 Å². The first-order chi connectivity index (χ1) is 0. The van der Waals surface area contributed by atoms with Crippen LogP contribution in [0.5, 0.6) is 0 Å². The molecule has 0 spiro atoms. The van der Waals surface area contributed by atoms with Crippen molar-refractivity contribution in [3.63, 3.8) is 0 Å². The zero-order valence-corrected chi connectivity index (χ0v) is 4.90. The van der Waals surface area contributed by atoms with Crippen LogP contribution in [0.4, 0.5) is 0 Å². The lowest BCUT2D eigenvalue weighted by Crippen LogP contribution is -0.381. The van der Waals surface area contributed by atoms with E-state index < -0.39 is 0 Å². The van der Waals surface area contributed by atoms with Crippen molar-refractivity contribution >= 4 is 60.6 Å². The van der Waals surface area contributed by atoms with Gasteiger partial charge in [-0.25, -0.2) is 0 Å². The summed E-state index contributed by atoms with van der Waals surface area (Å²) >= 11 is 0. The highest BCUT2D eigenvalue weighted by Crippen LogP contribution is 0.693. The third-order valence-corrected chi connectivity index (χ3v) is 0. The van der Waals surface area contributed by atoms with Crippen LogP contribution in [0, 0.1) is 0 Å². The molecule has 0 aliphatic heterocycles. The van der Waals surface area contributed by atoms with E-state index in [1.807, 2.05) is 0 Å². The second-order valence-corrected chi connectivity index (χ2v) is 0. The summed E-state index contributed by atoms with van der Waals surface area (Å²) in [5, 5.41) is 0. The van der Waals surface area contributed by atoms with Gasteiger partial charge < -0.3 is 0 Å². The lowest BCUT2D eigenvalue weighted by molar-refractivity contribution is 5.75. The molecule has 5 heteroatoms. The molecule has 0 radical (unpaired) electrons. The summed E-state index contributed by atoms with van der Waals surface area (Å²) in [5.41, 5.74) is 0. The number of rotatable bonds is 0. The Hall–Kier alpha value is 1.38. The van der Waals surface area contributed by atoms with Gasteiger partial charge in [0, 0.05) is 0 Å². The molecule has 0 fully saturated rings. The fourth-order valence-corrected chi connectivity index (χ4v) is 0. The molecule has 0 aliphatic carbocycles. The van der Waals surface area contributed by atoms with Crippen LogP contribution in [-0.4, -0.2) is 11.0 Å². The molecule has 0 amide bonds. The van der Waals surface area contributed by atoms with Crippen molar-refractivity contribution in [3.8, 4) is 0 Å². The first-order valence-electron chi connectivity index (χ1n) is 0. The van der Waals surface area contributed by atoms with Gasteiger partial charge in [0.15, 0.2) is 0 Å². The van der Waals surface area contributed by atoms with E-state index in [1.165, 1.54) is 0 Å². The summed E-state index contributed by atoms with van der Waals surface area (Å²) in [6.07, 6.45) is 0. The summed E-state index contributed by atoms with van der Waals surface area (Å²) < 4.78 is 0. The van der Waals surface area contributed by atoms with Crippen LogP contribution in [-0.2, 0) is 0 Å². The van der Waals surface area contributed by atoms with Crippen molar-refractivity contribution in [2.45, 2.75) is 0 Å². The molecule has 0 atom stereocenters. The molecule has 0 aromatic heterocycles. The minimum atomic E-state index is 0. The summed E-state index contributed by atoms with van der Waals surface area (Å²) in [5.74, 6) is 0. The van der Waals surface area contributed by atoms with Gasteiger partial charge in [-0.3, -0.25) is 0 Å². The molecule has 0 unspecified atom stereocenters. The van der Waals surface area contributed by atoms with Crippen molar-refractivity contribution in [2.75, 3.05) is 0 Å². The lowest BCUT2D eigenvalue weighted by atomic mass is 28.1. The van der Waals surface area contributed by atoms with Gasteiger partial charge in [0.05, 0.1) is 0 Å². The summed E-state index contributed by atoms with van der Waals surface area (Å²) in [6.45, 7) is 0. The van der Waals surface area contributed by atoms with Crippen LogP contribution in [0.25, 0.3) is 0 Å². The maximum absolute atomic E-state index is 0. The Morgan fingerprint density at radius 2 is 0.600 bits per heavy atom. The van der Waals surface area contributed by atoms with Gasteiger partial charge in [-0.05, 0) is 11.0 Å². The zero-order valence-electron chi connectivity index (χ0n) is 2.63. The molecule has 5 heavy (non-hydrogen) atoms. The Kier molecular flexibility index (Phi) is 1060. The molecule has 0 aliphatic rings. The third-order valence-electron chi connectivity index (χ3n) is 0. The minimum Gasteiger partial charge on any atom is -0.147 e. The quantitative estimate of drug-likeness (QED) is 0.470. The summed E-state index contributed by atoms with van der Waals surface area (Å²) in [7, 11) is 0. The monoisotopic (exact) mass is 177 g/mol. The van der Waals surface area contributed by atoms with E-state index in [0.29, 0.717) is 0 Å². The van der Waals surface area contributed by atoms with Crippen molar-refractivity contribution in [1.82, 2.24) is 0 Å². The largest absolute Gasteiger partial charge is 1.00 e. The van der Waals surface area contributed by atoms with Crippen LogP contribution in [0.2, 0.25) is 0 Å². The first-order valence-corrected chi connectivity index (χ1v) is 0. The third kappa shape index (κ3) is 32.3. The fourth-order valence-electron chi connectivity index (χ4n) is 0. The number of hydrogen-bond donors (Lipinski definition) is 0. The molecule has 0 N–H and O–H groups in total. The standard InChI is InChI=1S/4ClH.H4Si/h4*1H;1H4/p+1. The van der Waals surface area contributed by atoms with E-state index >= 15 is 0 Å². The fraction of sp³-hybridized carbons (Fsp3) is 0. The average Bonchev–Trinajstić information content (AvgIpc) is 0. The van der Waals surface area contributed by atoms with Crippen LogP contribution < -0.4 is 0 Å². The van der Waals surface area contributed by atoms with Crippen molar-refractivity contribution < 1.29 is 1.43 Å². The van der Waals surface area contributed by atoms with E-state index in [9.17, 15) is 0 Å². The van der Waals surface area contributed by atoms with E-state index in [2.05, 4.69) is 0 Å². The molecule has 0 bridgehead atoms. The Morgan fingerprint density at radius 1 is 0.600 bits per heavy atom. The number of halogens is 4. The van der Waals surface area contributed by atoms with Crippen LogP contribution >= 0.6 is 49.6 Å².